The molecule has 0 aliphatic rings. The number of aromatic nitrogens is 2. The number of benzene rings is 1. The van der Waals surface area contributed by atoms with Gasteiger partial charge >= 0.3 is 0 Å². The molecule has 1 heterocycles. The van der Waals surface area contributed by atoms with Crippen molar-refractivity contribution in [2.75, 3.05) is 0 Å². The average molecular weight is 262 g/mol. The fraction of sp³-hybridized carbons (Fsp3) is 0.286. The quantitative estimate of drug-likeness (QED) is 0.778. The van der Waals surface area contributed by atoms with E-state index in [1.807, 2.05) is 13.1 Å². The molecule has 0 bridgehead atoms. The summed E-state index contributed by atoms with van der Waals surface area (Å²) in [5, 5.41) is 4.12. The Kier molecular flexibility index (Phi) is 3.94. The minimum atomic E-state index is -0.561. The molecule has 0 saturated carbocycles. The largest absolute Gasteiger partial charge is 0.489 e. The van der Waals surface area contributed by atoms with E-state index in [2.05, 4.69) is 5.10 Å². The lowest BCUT2D eigenvalue weighted by Gasteiger charge is -2.06. The van der Waals surface area contributed by atoms with Crippen molar-refractivity contribution >= 4 is 5.78 Å². The highest BCUT2D eigenvalue weighted by Gasteiger charge is 2.08. The second-order valence-corrected chi connectivity index (χ2v) is 4.19. The zero-order valence-corrected chi connectivity index (χ0v) is 10.9. The van der Waals surface area contributed by atoms with Gasteiger partial charge in [-0.2, -0.15) is 5.10 Å². The summed E-state index contributed by atoms with van der Waals surface area (Å²) in [6.45, 7) is 4.44. The zero-order valence-electron chi connectivity index (χ0n) is 10.9. The molecule has 0 atom stereocenters. The van der Waals surface area contributed by atoms with Crippen molar-refractivity contribution in [1.82, 2.24) is 9.78 Å². The Hall–Kier alpha value is -2.17. The molecule has 5 heteroatoms. The third-order valence-corrected chi connectivity index (χ3v) is 2.74. The van der Waals surface area contributed by atoms with Crippen molar-refractivity contribution in [3.63, 3.8) is 0 Å². The molecule has 1 aromatic carbocycles. The maximum atomic E-state index is 13.6. The summed E-state index contributed by atoms with van der Waals surface area (Å²) < 4.78 is 20.8. The van der Waals surface area contributed by atoms with Crippen LogP contribution in [0.5, 0.6) is 5.75 Å². The highest BCUT2D eigenvalue weighted by molar-refractivity contribution is 5.94. The van der Waals surface area contributed by atoms with Gasteiger partial charge in [0.2, 0.25) is 0 Å². The molecular weight excluding hydrogens is 247 g/mol. The molecule has 0 amide bonds. The maximum absolute atomic E-state index is 13.6. The van der Waals surface area contributed by atoms with Gasteiger partial charge in [-0.15, -0.1) is 0 Å². The molecule has 0 radical (unpaired) electrons. The first-order chi connectivity index (χ1) is 9.10. The van der Waals surface area contributed by atoms with Gasteiger partial charge in [-0.05, 0) is 26.0 Å². The van der Waals surface area contributed by atoms with Gasteiger partial charge < -0.3 is 4.74 Å². The van der Waals surface area contributed by atoms with Crippen molar-refractivity contribution in [3.8, 4) is 5.75 Å². The molecule has 100 valence electrons. The molecule has 2 rings (SSSR count). The molecule has 0 aliphatic heterocycles. The number of nitrogens with zero attached hydrogens (tertiary/aromatic N) is 2. The number of ether oxygens (including phenoxy) is 1. The summed E-state index contributed by atoms with van der Waals surface area (Å²) >= 11 is 0. The molecule has 0 spiro atoms. The van der Waals surface area contributed by atoms with Crippen molar-refractivity contribution < 1.29 is 13.9 Å². The van der Waals surface area contributed by atoms with Crippen LogP contribution in [0, 0.1) is 5.82 Å². The standard InChI is InChI=1S/C14H15FN2O2/c1-3-17-8-11(7-16-17)9-19-12-4-5-13(10(2)18)14(15)6-12/h4-8H,3,9H2,1-2H3. The highest BCUT2D eigenvalue weighted by atomic mass is 19.1. The van der Waals surface area contributed by atoms with E-state index >= 15 is 0 Å². The van der Waals surface area contributed by atoms with Gasteiger partial charge in [0.15, 0.2) is 5.78 Å². The predicted octanol–water partition coefficient (Wildman–Crippen LogP) is 2.82. The lowest BCUT2D eigenvalue weighted by atomic mass is 10.1. The Morgan fingerprint density at radius 3 is 2.84 bits per heavy atom. The fourth-order valence-electron chi connectivity index (χ4n) is 1.69. The molecular formula is C14H15FN2O2. The number of ketones is 1. The summed E-state index contributed by atoms with van der Waals surface area (Å²) in [6.07, 6.45) is 3.59. The van der Waals surface area contributed by atoms with Crippen LogP contribution in [-0.2, 0) is 13.2 Å². The van der Waals surface area contributed by atoms with Crippen molar-refractivity contribution in [2.45, 2.75) is 27.0 Å². The van der Waals surface area contributed by atoms with E-state index in [1.165, 1.54) is 19.1 Å². The van der Waals surface area contributed by atoms with Crippen molar-refractivity contribution in [3.05, 3.63) is 47.5 Å². The third kappa shape index (κ3) is 3.19. The number of carbonyl (C=O) groups is 1. The van der Waals surface area contributed by atoms with Crippen molar-refractivity contribution in [2.24, 2.45) is 0 Å². The van der Waals surface area contributed by atoms with Crippen LogP contribution in [0.3, 0.4) is 0 Å². The van der Waals surface area contributed by atoms with E-state index in [0.29, 0.717) is 12.4 Å². The smallest absolute Gasteiger partial charge is 0.162 e. The molecule has 0 saturated heterocycles. The highest BCUT2D eigenvalue weighted by Crippen LogP contribution is 2.18. The Morgan fingerprint density at radius 2 is 2.26 bits per heavy atom. The number of halogens is 1. The second-order valence-electron chi connectivity index (χ2n) is 4.19. The van der Waals surface area contributed by atoms with Crippen molar-refractivity contribution in [1.29, 1.82) is 0 Å². The molecule has 19 heavy (non-hydrogen) atoms. The van der Waals surface area contributed by atoms with Gasteiger partial charge in [0, 0.05) is 24.4 Å². The first-order valence-corrected chi connectivity index (χ1v) is 6.04. The summed E-state index contributed by atoms with van der Waals surface area (Å²) in [5.41, 5.74) is 0.990. The van der Waals surface area contributed by atoms with Crippen LogP contribution in [0.25, 0.3) is 0 Å². The molecule has 1 aromatic heterocycles. The minimum absolute atomic E-state index is 0.0751. The molecule has 0 aliphatic carbocycles. The summed E-state index contributed by atoms with van der Waals surface area (Å²) in [5.74, 6) is -0.464. The normalized spacial score (nSPS) is 10.5. The van der Waals surface area contributed by atoms with E-state index in [0.717, 1.165) is 12.1 Å². The monoisotopic (exact) mass is 262 g/mol. The molecule has 4 nitrogen and oxygen atoms in total. The van der Waals surface area contributed by atoms with Gasteiger partial charge in [0.1, 0.15) is 18.2 Å². The van der Waals surface area contributed by atoms with Crippen LogP contribution in [0.1, 0.15) is 29.8 Å². The van der Waals surface area contributed by atoms with Crippen LogP contribution in [0.15, 0.2) is 30.6 Å². The van der Waals surface area contributed by atoms with Crippen LogP contribution in [0.2, 0.25) is 0 Å². The number of carbonyl (C=O) groups excluding carboxylic acids is 1. The zero-order chi connectivity index (χ0) is 13.8. The topological polar surface area (TPSA) is 44.1 Å². The Balaban J connectivity index is 2.03. The summed E-state index contributed by atoms with van der Waals surface area (Å²) in [4.78, 5) is 11.1. The number of hydrogen-bond donors (Lipinski definition) is 0. The van der Waals surface area contributed by atoms with Gasteiger partial charge in [-0.25, -0.2) is 4.39 Å². The lowest BCUT2D eigenvalue weighted by molar-refractivity contribution is 0.101. The third-order valence-electron chi connectivity index (χ3n) is 2.74. The van der Waals surface area contributed by atoms with Crippen LogP contribution in [0.4, 0.5) is 4.39 Å². The average Bonchev–Trinajstić information content (AvgIpc) is 2.84. The predicted molar refractivity (Wildman–Crippen MR) is 68.6 cm³/mol. The fourth-order valence-corrected chi connectivity index (χ4v) is 1.69. The number of aryl methyl sites for hydroxylation is 1. The van der Waals surface area contributed by atoms with Crippen LogP contribution in [-0.4, -0.2) is 15.6 Å². The minimum Gasteiger partial charge on any atom is -0.489 e. The van der Waals surface area contributed by atoms with E-state index in [4.69, 9.17) is 4.74 Å². The maximum Gasteiger partial charge on any atom is 0.162 e. The molecule has 0 N–H and O–H groups in total. The van der Waals surface area contributed by atoms with E-state index in [9.17, 15) is 9.18 Å². The Morgan fingerprint density at radius 1 is 1.47 bits per heavy atom. The van der Waals surface area contributed by atoms with Gasteiger partial charge in [-0.3, -0.25) is 9.48 Å². The van der Waals surface area contributed by atoms with E-state index in [-0.39, 0.29) is 11.3 Å². The SMILES string of the molecule is CCn1cc(COc2ccc(C(C)=O)c(F)c2)cn1. The van der Waals surface area contributed by atoms with E-state index in [1.54, 1.807) is 16.9 Å². The molecule has 0 unspecified atom stereocenters. The number of Topliss-reactive ketones (excluding diaryl/α,β-unsaturated/α-hetero) is 1. The first-order valence-electron chi connectivity index (χ1n) is 6.04. The van der Waals surface area contributed by atoms with E-state index < -0.39 is 5.82 Å². The first kappa shape index (κ1) is 13.3. The molecule has 2 aromatic rings. The summed E-state index contributed by atoms with van der Waals surface area (Å²) in [6, 6.07) is 4.24. The van der Waals surface area contributed by atoms with Crippen LogP contribution >= 0.6 is 0 Å². The number of hydrogen-bond acceptors (Lipinski definition) is 3. The van der Waals surface area contributed by atoms with Crippen LogP contribution < -0.4 is 4.74 Å². The Bertz CT molecular complexity index is 593. The summed E-state index contributed by atoms with van der Waals surface area (Å²) in [7, 11) is 0. The second kappa shape index (κ2) is 5.65. The molecule has 0 fully saturated rings. The van der Waals surface area contributed by atoms with Gasteiger partial charge in [0.05, 0.1) is 11.8 Å². The van der Waals surface area contributed by atoms with Gasteiger partial charge in [-0.1, -0.05) is 0 Å². The Labute approximate surface area is 110 Å². The lowest BCUT2D eigenvalue weighted by Crippen LogP contribution is -1.99. The number of rotatable bonds is 5. The van der Waals surface area contributed by atoms with Gasteiger partial charge in [0.25, 0.3) is 0 Å².